The van der Waals surface area contributed by atoms with Crippen molar-refractivity contribution in [2.24, 2.45) is 0 Å². The van der Waals surface area contributed by atoms with Gasteiger partial charge in [0.1, 0.15) is 5.82 Å². The first-order valence-corrected chi connectivity index (χ1v) is 10.3. The van der Waals surface area contributed by atoms with Crippen LogP contribution in [0.5, 0.6) is 0 Å². The van der Waals surface area contributed by atoms with Crippen LogP contribution in [0.4, 0.5) is 11.5 Å². The molecule has 8 nitrogen and oxygen atoms in total. The SMILES string of the molecule is Cc1ccccc1CSc1nc2c(c(=O)[nH]1)C(c1ccccc1[N+](=O)[O-])CC(=O)N2. The zero-order valence-corrected chi connectivity index (χ0v) is 16.9. The Balaban J connectivity index is 1.71. The molecule has 152 valence electrons. The van der Waals surface area contributed by atoms with Crippen LogP contribution in [0.15, 0.2) is 58.5 Å². The number of fused-ring (bicyclic) bond motifs is 1. The molecule has 0 spiro atoms. The van der Waals surface area contributed by atoms with Gasteiger partial charge in [0.2, 0.25) is 5.91 Å². The highest BCUT2D eigenvalue weighted by Crippen LogP contribution is 2.38. The number of hydrogen-bond acceptors (Lipinski definition) is 6. The zero-order valence-electron chi connectivity index (χ0n) is 16.0. The minimum Gasteiger partial charge on any atom is -0.310 e. The van der Waals surface area contributed by atoms with E-state index in [1.807, 2.05) is 31.2 Å². The van der Waals surface area contributed by atoms with E-state index in [1.165, 1.54) is 17.8 Å². The lowest BCUT2D eigenvalue weighted by Crippen LogP contribution is -2.31. The number of nitro groups is 1. The number of nitro benzene ring substituents is 1. The molecule has 1 atom stereocenters. The Morgan fingerprint density at radius 1 is 1.17 bits per heavy atom. The second-order valence-electron chi connectivity index (χ2n) is 6.97. The van der Waals surface area contributed by atoms with Crippen LogP contribution in [0, 0.1) is 17.0 Å². The van der Waals surface area contributed by atoms with Gasteiger partial charge in [-0.1, -0.05) is 54.2 Å². The number of carbonyl (C=O) groups excluding carboxylic acids is 1. The smallest absolute Gasteiger partial charge is 0.273 e. The minimum atomic E-state index is -0.734. The maximum Gasteiger partial charge on any atom is 0.273 e. The molecule has 0 aliphatic carbocycles. The van der Waals surface area contributed by atoms with E-state index in [-0.39, 0.29) is 29.4 Å². The quantitative estimate of drug-likeness (QED) is 0.280. The summed E-state index contributed by atoms with van der Waals surface area (Å²) >= 11 is 1.35. The fourth-order valence-corrected chi connectivity index (χ4v) is 4.49. The van der Waals surface area contributed by atoms with Crippen molar-refractivity contribution >= 4 is 29.2 Å². The number of H-pyrrole nitrogens is 1. The third kappa shape index (κ3) is 3.84. The molecule has 1 amide bonds. The Hall–Kier alpha value is -3.46. The van der Waals surface area contributed by atoms with Gasteiger partial charge in [-0.3, -0.25) is 19.7 Å². The molecule has 4 rings (SSSR count). The van der Waals surface area contributed by atoms with Crippen molar-refractivity contribution in [3.05, 3.63) is 91.3 Å². The van der Waals surface area contributed by atoms with Crippen molar-refractivity contribution in [2.45, 2.75) is 30.2 Å². The van der Waals surface area contributed by atoms with Gasteiger partial charge in [0, 0.05) is 29.7 Å². The van der Waals surface area contributed by atoms with Crippen LogP contribution in [0.2, 0.25) is 0 Å². The lowest BCUT2D eigenvalue weighted by atomic mass is 9.86. The van der Waals surface area contributed by atoms with Crippen LogP contribution in [0.25, 0.3) is 0 Å². The number of aryl methyl sites for hydroxylation is 1. The number of aromatic amines is 1. The maximum absolute atomic E-state index is 12.9. The highest BCUT2D eigenvalue weighted by atomic mass is 32.2. The summed E-state index contributed by atoms with van der Waals surface area (Å²) in [6.45, 7) is 2.01. The van der Waals surface area contributed by atoms with Crippen molar-refractivity contribution in [2.75, 3.05) is 5.32 Å². The molecule has 0 saturated heterocycles. The first-order valence-electron chi connectivity index (χ1n) is 9.28. The highest BCUT2D eigenvalue weighted by Gasteiger charge is 2.34. The number of nitrogens with one attached hydrogen (secondary N) is 2. The first kappa shape index (κ1) is 19.8. The van der Waals surface area contributed by atoms with E-state index in [1.54, 1.807) is 18.2 Å². The lowest BCUT2D eigenvalue weighted by molar-refractivity contribution is -0.385. The summed E-state index contributed by atoms with van der Waals surface area (Å²) in [6.07, 6.45) is -0.0572. The molecule has 3 aromatic rings. The van der Waals surface area contributed by atoms with Gasteiger partial charge in [-0.2, -0.15) is 0 Å². The summed E-state index contributed by atoms with van der Waals surface area (Å²) in [7, 11) is 0. The van der Waals surface area contributed by atoms with Crippen molar-refractivity contribution < 1.29 is 9.72 Å². The third-order valence-electron chi connectivity index (χ3n) is 5.06. The van der Waals surface area contributed by atoms with Crippen LogP contribution in [0.1, 0.15) is 34.6 Å². The molecule has 1 aromatic heterocycles. The largest absolute Gasteiger partial charge is 0.310 e. The van der Waals surface area contributed by atoms with E-state index >= 15 is 0 Å². The normalized spacial score (nSPS) is 15.4. The van der Waals surface area contributed by atoms with Gasteiger partial charge >= 0.3 is 0 Å². The second-order valence-corrected chi connectivity index (χ2v) is 7.93. The van der Waals surface area contributed by atoms with Gasteiger partial charge in [-0.05, 0) is 18.1 Å². The predicted octanol–water partition coefficient (Wildman–Crippen LogP) is 3.75. The second kappa shape index (κ2) is 8.11. The molecule has 30 heavy (non-hydrogen) atoms. The molecule has 1 aliphatic heterocycles. The lowest BCUT2D eigenvalue weighted by Gasteiger charge is -2.24. The molecule has 1 unspecified atom stereocenters. The Labute approximate surface area is 175 Å². The van der Waals surface area contributed by atoms with Gasteiger partial charge in [0.25, 0.3) is 11.2 Å². The Morgan fingerprint density at radius 2 is 1.90 bits per heavy atom. The number of rotatable bonds is 5. The summed E-state index contributed by atoms with van der Waals surface area (Å²) in [5, 5.41) is 14.5. The Bertz CT molecular complexity index is 1210. The number of para-hydroxylation sites is 1. The predicted molar refractivity (Wildman–Crippen MR) is 114 cm³/mol. The Morgan fingerprint density at radius 3 is 2.67 bits per heavy atom. The van der Waals surface area contributed by atoms with Gasteiger partial charge in [-0.25, -0.2) is 4.98 Å². The summed E-state index contributed by atoms with van der Waals surface area (Å²) < 4.78 is 0. The minimum absolute atomic E-state index is 0.0572. The average molecular weight is 422 g/mol. The molecular formula is C21H18N4O4S. The molecule has 0 bridgehead atoms. The van der Waals surface area contributed by atoms with Gasteiger partial charge in [-0.15, -0.1) is 0 Å². The number of anilines is 1. The number of carbonyl (C=O) groups is 1. The molecule has 1 aliphatic rings. The number of amides is 1. The van der Waals surface area contributed by atoms with Crippen LogP contribution in [0.3, 0.4) is 0 Å². The maximum atomic E-state index is 12.9. The summed E-state index contributed by atoms with van der Waals surface area (Å²) in [5.41, 5.74) is 2.28. The van der Waals surface area contributed by atoms with E-state index in [9.17, 15) is 19.7 Å². The van der Waals surface area contributed by atoms with Crippen LogP contribution in [-0.2, 0) is 10.5 Å². The molecule has 2 heterocycles. The monoisotopic (exact) mass is 422 g/mol. The van der Waals surface area contributed by atoms with E-state index in [4.69, 9.17) is 0 Å². The van der Waals surface area contributed by atoms with E-state index < -0.39 is 16.4 Å². The van der Waals surface area contributed by atoms with Gasteiger partial charge in [0.15, 0.2) is 5.16 Å². The molecule has 2 aromatic carbocycles. The number of hydrogen-bond donors (Lipinski definition) is 2. The van der Waals surface area contributed by atoms with Crippen molar-refractivity contribution in [3.8, 4) is 0 Å². The molecular weight excluding hydrogens is 404 g/mol. The summed E-state index contributed by atoms with van der Waals surface area (Å²) in [4.78, 5) is 43.3. The molecule has 0 saturated carbocycles. The topological polar surface area (TPSA) is 118 Å². The average Bonchev–Trinajstić information content (AvgIpc) is 2.72. The van der Waals surface area contributed by atoms with Crippen molar-refractivity contribution in [1.29, 1.82) is 0 Å². The third-order valence-corrected chi connectivity index (χ3v) is 5.99. The summed E-state index contributed by atoms with van der Waals surface area (Å²) in [5.74, 6) is -0.304. The molecule has 9 heteroatoms. The fourth-order valence-electron chi connectivity index (χ4n) is 3.55. The van der Waals surface area contributed by atoms with E-state index in [0.717, 1.165) is 11.1 Å². The molecule has 0 fully saturated rings. The van der Waals surface area contributed by atoms with Crippen LogP contribution >= 0.6 is 11.8 Å². The van der Waals surface area contributed by atoms with E-state index in [0.29, 0.717) is 16.5 Å². The number of thioether (sulfide) groups is 1. The van der Waals surface area contributed by atoms with E-state index in [2.05, 4.69) is 15.3 Å². The Kier molecular flexibility index (Phi) is 5.37. The summed E-state index contributed by atoms with van der Waals surface area (Å²) in [6, 6.07) is 14.1. The van der Waals surface area contributed by atoms with Gasteiger partial charge < -0.3 is 10.3 Å². The number of aromatic nitrogens is 2. The van der Waals surface area contributed by atoms with Crippen LogP contribution < -0.4 is 10.9 Å². The van der Waals surface area contributed by atoms with Crippen molar-refractivity contribution in [1.82, 2.24) is 9.97 Å². The van der Waals surface area contributed by atoms with Crippen molar-refractivity contribution in [3.63, 3.8) is 0 Å². The number of benzene rings is 2. The highest BCUT2D eigenvalue weighted by molar-refractivity contribution is 7.98. The molecule has 2 N–H and O–H groups in total. The molecule has 0 radical (unpaired) electrons. The first-order chi connectivity index (χ1) is 14.4. The van der Waals surface area contributed by atoms with Crippen LogP contribution in [-0.4, -0.2) is 20.8 Å². The standard InChI is InChI=1S/C21H18N4O4S/c1-12-6-2-3-7-13(12)11-30-21-23-19-18(20(27)24-21)15(10-17(26)22-19)14-8-4-5-9-16(14)25(28)29/h2-9,15H,10-11H2,1H3,(H2,22,23,24,26,27). The fraction of sp³-hybridized carbons (Fsp3) is 0.190. The van der Waals surface area contributed by atoms with Gasteiger partial charge in [0.05, 0.1) is 10.5 Å². The number of nitrogens with zero attached hydrogens (tertiary/aromatic N) is 2. The zero-order chi connectivity index (χ0) is 21.3.